The number of hydrogen-bond donors (Lipinski definition) is 3. The minimum atomic E-state index is -3.46. The molecule has 0 saturated carbocycles. The van der Waals surface area contributed by atoms with E-state index in [2.05, 4.69) is 10.0 Å². The van der Waals surface area contributed by atoms with Crippen LogP contribution in [-0.4, -0.2) is 33.2 Å². The number of halogens is 2. The van der Waals surface area contributed by atoms with E-state index >= 15 is 0 Å². The summed E-state index contributed by atoms with van der Waals surface area (Å²) in [5, 5.41) is 2.27. The fourth-order valence-electron chi connectivity index (χ4n) is 1.45. The van der Waals surface area contributed by atoms with E-state index in [1.54, 1.807) is 6.92 Å². The molecule has 1 rings (SSSR count). The first-order valence-corrected chi connectivity index (χ1v) is 7.42. The maximum absolute atomic E-state index is 13.0. The number of sulfonamides is 1. The molecule has 0 unspecified atom stereocenters. The van der Waals surface area contributed by atoms with E-state index < -0.39 is 27.6 Å². The molecule has 0 fully saturated rings. The van der Waals surface area contributed by atoms with Gasteiger partial charge in [-0.25, -0.2) is 21.9 Å². The van der Waals surface area contributed by atoms with Gasteiger partial charge in [-0.3, -0.25) is 4.79 Å². The van der Waals surface area contributed by atoms with Crippen LogP contribution in [0.4, 0.5) is 14.5 Å². The van der Waals surface area contributed by atoms with Gasteiger partial charge >= 0.3 is 0 Å². The average molecular weight is 307 g/mol. The number of anilines is 1. The largest absolute Gasteiger partial charge is 0.398 e. The Morgan fingerprint density at radius 3 is 2.50 bits per heavy atom. The molecule has 0 aliphatic heterocycles. The van der Waals surface area contributed by atoms with Gasteiger partial charge in [0.15, 0.2) is 11.6 Å². The minimum absolute atomic E-state index is 0.174. The van der Waals surface area contributed by atoms with Crippen molar-refractivity contribution in [1.29, 1.82) is 0 Å². The second-order valence-corrected chi connectivity index (χ2v) is 5.85. The van der Waals surface area contributed by atoms with Crippen molar-refractivity contribution in [2.45, 2.75) is 6.92 Å². The van der Waals surface area contributed by atoms with Crippen LogP contribution >= 0.6 is 0 Å². The Morgan fingerprint density at radius 1 is 1.30 bits per heavy atom. The lowest BCUT2D eigenvalue weighted by Crippen LogP contribution is -2.34. The second kappa shape index (κ2) is 6.62. The van der Waals surface area contributed by atoms with Crippen LogP contribution in [0.3, 0.4) is 0 Å². The number of hydrogen-bond acceptors (Lipinski definition) is 4. The maximum atomic E-state index is 13.0. The fraction of sp³-hybridized carbons (Fsp3) is 0.364. The Hall–Kier alpha value is -1.74. The molecule has 1 amide bonds. The third-order valence-electron chi connectivity index (χ3n) is 2.36. The minimum Gasteiger partial charge on any atom is -0.398 e. The summed E-state index contributed by atoms with van der Waals surface area (Å²) in [5.41, 5.74) is 4.93. The Balaban J connectivity index is 2.67. The lowest BCUT2D eigenvalue weighted by atomic mass is 10.1. The van der Waals surface area contributed by atoms with Crippen molar-refractivity contribution in [3.05, 3.63) is 29.3 Å². The Morgan fingerprint density at radius 2 is 1.90 bits per heavy atom. The van der Waals surface area contributed by atoms with Crippen molar-refractivity contribution in [2.24, 2.45) is 0 Å². The van der Waals surface area contributed by atoms with Gasteiger partial charge in [0, 0.05) is 24.8 Å². The molecular weight excluding hydrogens is 292 g/mol. The highest BCUT2D eigenvalue weighted by Gasteiger charge is 2.15. The molecule has 0 heterocycles. The van der Waals surface area contributed by atoms with Gasteiger partial charge in [-0.05, 0) is 6.07 Å². The van der Waals surface area contributed by atoms with Crippen molar-refractivity contribution >= 4 is 21.6 Å². The number of carbonyl (C=O) groups is 1. The van der Waals surface area contributed by atoms with Crippen LogP contribution in [0.5, 0.6) is 0 Å². The molecule has 0 bridgehead atoms. The first-order valence-electron chi connectivity index (χ1n) is 5.77. The zero-order valence-electron chi connectivity index (χ0n) is 10.7. The SMILES string of the molecule is CCNS(=O)(=O)CCNC(=O)c1cc(F)c(F)cc1N. The summed E-state index contributed by atoms with van der Waals surface area (Å²) in [4.78, 5) is 11.7. The third-order valence-corrected chi connectivity index (χ3v) is 3.83. The van der Waals surface area contributed by atoms with Crippen molar-refractivity contribution in [2.75, 3.05) is 24.6 Å². The van der Waals surface area contributed by atoms with Crippen molar-refractivity contribution in [3.63, 3.8) is 0 Å². The molecular formula is C11H15F2N3O3S. The zero-order chi connectivity index (χ0) is 15.3. The number of carbonyl (C=O) groups excluding carboxylic acids is 1. The second-order valence-electron chi connectivity index (χ2n) is 3.93. The fourth-order valence-corrected chi connectivity index (χ4v) is 2.40. The zero-order valence-corrected chi connectivity index (χ0v) is 11.6. The molecule has 0 spiro atoms. The Labute approximate surface area is 115 Å². The van der Waals surface area contributed by atoms with Crippen LogP contribution in [0.2, 0.25) is 0 Å². The number of amides is 1. The van der Waals surface area contributed by atoms with Crippen LogP contribution in [-0.2, 0) is 10.0 Å². The average Bonchev–Trinajstić information content (AvgIpc) is 2.33. The van der Waals surface area contributed by atoms with Gasteiger partial charge in [0.2, 0.25) is 10.0 Å². The smallest absolute Gasteiger partial charge is 0.253 e. The van der Waals surface area contributed by atoms with Crippen molar-refractivity contribution in [3.8, 4) is 0 Å². The summed E-state index contributed by atoms with van der Waals surface area (Å²) >= 11 is 0. The number of nitrogens with two attached hydrogens (primary N) is 1. The predicted octanol–water partition coefficient (Wildman–Crippen LogP) is 0.216. The summed E-state index contributed by atoms with van der Waals surface area (Å²) in [6, 6.07) is 1.36. The van der Waals surface area contributed by atoms with Gasteiger partial charge in [-0.1, -0.05) is 6.92 Å². The first kappa shape index (κ1) is 16.3. The lowest BCUT2D eigenvalue weighted by Gasteiger charge is -2.08. The molecule has 9 heteroatoms. The highest BCUT2D eigenvalue weighted by molar-refractivity contribution is 7.89. The van der Waals surface area contributed by atoms with Crippen molar-refractivity contribution in [1.82, 2.24) is 10.0 Å². The summed E-state index contributed by atoms with van der Waals surface area (Å²) in [6.45, 7) is 1.69. The van der Waals surface area contributed by atoms with Crippen LogP contribution < -0.4 is 15.8 Å². The molecule has 0 aliphatic rings. The lowest BCUT2D eigenvalue weighted by molar-refractivity contribution is 0.0956. The predicted molar refractivity (Wildman–Crippen MR) is 70.6 cm³/mol. The Bertz CT molecular complexity index is 605. The molecule has 0 atom stereocenters. The summed E-state index contributed by atoms with van der Waals surface area (Å²) in [6.07, 6.45) is 0. The van der Waals surface area contributed by atoms with Crippen molar-refractivity contribution < 1.29 is 22.0 Å². The Kier molecular flexibility index (Phi) is 5.40. The van der Waals surface area contributed by atoms with E-state index in [1.165, 1.54) is 0 Å². The van der Waals surface area contributed by atoms with E-state index in [9.17, 15) is 22.0 Å². The van der Waals surface area contributed by atoms with E-state index in [0.29, 0.717) is 12.1 Å². The summed E-state index contributed by atoms with van der Waals surface area (Å²) in [7, 11) is -3.46. The van der Waals surface area contributed by atoms with Gasteiger partial charge in [0.25, 0.3) is 5.91 Å². The number of benzene rings is 1. The van der Waals surface area contributed by atoms with Gasteiger partial charge < -0.3 is 11.1 Å². The van der Waals surface area contributed by atoms with Gasteiger partial charge in [0.05, 0.1) is 11.3 Å². The van der Waals surface area contributed by atoms with Gasteiger partial charge in [0.1, 0.15) is 0 Å². The molecule has 1 aromatic carbocycles. The molecule has 0 radical (unpaired) electrons. The number of nitrogen functional groups attached to an aromatic ring is 1. The molecule has 4 N–H and O–H groups in total. The molecule has 0 aliphatic carbocycles. The number of nitrogens with one attached hydrogen (secondary N) is 2. The third kappa shape index (κ3) is 4.42. The van der Waals surface area contributed by atoms with E-state index in [-0.39, 0.29) is 30.1 Å². The molecule has 6 nitrogen and oxygen atoms in total. The summed E-state index contributed by atoms with van der Waals surface area (Å²) in [5.74, 6) is -3.46. The normalized spacial score (nSPS) is 11.3. The first-order chi connectivity index (χ1) is 9.26. The standard InChI is InChI=1S/C11H15F2N3O3S/c1-2-16-20(18,19)4-3-15-11(17)7-5-8(12)9(13)6-10(7)14/h5-6,16H,2-4,14H2,1H3,(H,15,17). The molecule has 0 saturated heterocycles. The molecule has 1 aromatic rings. The molecule has 0 aromatic heterocycles. The van der Waals surface area contributed by atoms with Crippen LogP contribution in [0, 0.1) is 11.6 Å². The van der Waals surface area contributed by atoms with Gasteiger partial charge in [-0.2, -0.15) is 0 Å². The van der Waals surface area contributed by atoms with Gasteiger partial charge in [-0.15, -0.1) is 0 Å². The topological polar surface area (TPSA) is 101 Å². The number of rotatable bonds is 6. The van der Waals surface area contributed by atoms with Crippen LogP contribution in [0.25, 0.3) is 0 Å². The van der Waals surface area contributed by atoms with E-state index in [0.717, 1.165) is 0 Å². The molecule has 20 heavy (non-hydrogen) atoms. The van der Waals surface area contributed by atoms with Crippen LogP contribution in [0.1, 0.15) is 17.3 Å². The maximum Gasteiger partial charge on any atom is 0.253 e. The highest BCUT2D eigenvalue weighted by atomic mass is 32.2. The molecule has 112 valence electrons. The highest BCUT2D eigenvalue weighted by Crippen LogP contribution is 2.16. The summed E-state index contributed by atoms with van der Waals surface area (Å²) < 4.78 is 50.7. The van der Waals surface area contributed by atoms with Crippen LogP contribution in [0.15, 0.2) is 12.1 Å². The van der Waals surface area contributed by atoms with E-state index in [4.69, 9.17) is 5.73 Å². The quantitative estimate of drug-likeness (QED) is 0.654. The van der Waals surface area contributed by atoms with E-state index in [1.807, 2.05) is 0 Å². The monoisotopic (exact) mass is 307 g/mol.